The molecule has 1 aliphatic rings. The quantitative estimate of drug-likeness (QED) is 0.717. The van der Waals surface area contributed by atoms with Gasteiger partial charge in [-0.05, 0) is 25.7 Å². The Morgan fingerprint density at radius 2 is 1.95 bits per heavy atom. The van der Waals surface area contributed by atoms with E-state index in [0.29, 0.717) is 12.3 Å². The molecule has 0 radical (unpaired) electrons. The minimum Gasteiger partial charge on any atom is -0.481 e. The normalized spacial score (nSPS) is 19.3. The number of amides is 1. The van der Waals surface area contributed by atoms with Gasteiger partial charge >= 0.3 is 5.97 Å². The van der Waals surface area contributed by atoms with E-state index >= 15 is 0 Å². The molecule has 1 saturated carbocycles. The molecule has 0 spiro atoms. The van der Waals surface area contributed by atoms with Crippen molar-refractivity contribution in [1.82, 2.24) is 5.32 Å². The Morgan fingerprint density at radius 3 is 2.50 bits per heavy atom. The van der Waals surface area contributed by atoms with Crippen LogP contribution in [0.15, 0.2) is 0 Å². The average molecular weight is 285 g/mol. The number of carboxylic acids is 1. The van der Waals surface area contributed by atoms with E-state index in [2.05, 4.69) is 5.32 Å². The van der Waals surface area contributed by atoms with Crippen LogP contribution >= 0.6 is 0 Å². The van der Waals surface area contributed by atoms with Crippen molar-refractivity contribution in [3.8, 4) is 0 Å². The molecule has 2 N–H and O–H groups in total. The average Bonchev–Trinajstić information content (AvgIpc) is 2.44. The van der Waals surface area contributed by atoms with Gasteiger partial charge in [-0.2, -0.15) is 0 Å². The van der Waals surface area contributed by atoms with Gasteiger partial charge in [0.2, 0.25) is 5.91 Å². The third kappa shape index (κ3) is 6.37. The Balaban J connectivity index is 2.49. The van der Waals surface area contributed by atoms with Gasteiger partial charge in [-0.15, -0.1) is 0 Å². The van der Waals surface area contributed by atoms with Crippen LogP contribution < -0.4 is 5.32 Å². The second kappa shape index (κ2) is 8.95. The monoisotopic (exact) mass is 285 g/mol. The lowest BCUT2D eigenvalue weighted by atomic mass is 9.84. The summed E-state index contributed by atoms with van der Waals surface area (Å²) in [5, 5.41) is 11.8. The summed E-state index contributed by atoms with van der Waals surface area (Å²) in [6, 6.07) is -0.0562. The SMILES string of the molecule is COC(C)C(=O)NC(CCC(=O)O)CC1CCCCC1. The molecule has 2 unspecified atom stereocenters. The largest absolute Gasteiger partial charge is 0.481 e. The lowest BCUT2D eigenvalue weighted by Crippen LogP contribution is -2.42. The molecule has 116 valence electrons. The molecule has 1 fully saturated rings. The maximum atomic E-state index is 11.9. The highest BCUT2D eigenvalue weighted by Crippen LogP contribution is 2.28. The van der Waals surface area contributed by atoms with E-state index in [1.54, 1.807) is 6.92 Å². The number of nitrogens with one attached hydrogen (secondary N) is 1. The molecule has 0 aliphatic heterocycles. The van der Waals surface area contributed by atoms with Crippen molar-refractivity contribution in [2.45, 2.75) is 70.4 Å². The molecule has 0 aromatic heterocycles. The first kappa shape index (κ1) is 17.0. The van der Waals surface area contributed by atoms with Gasteiger partial charge in [-0.1, -0.05) is 32.1 Å². The molecule has 5 nitrogen and oxygen atoms in total. The zero-order valence-electron chi connectivity index (χ0n) is 12.6. The van der Waals surface area contributed by atoms with E-state index in [1.165, 1.54) is 39.2 Å². The molecule has 1 rings (SSSR count). The summed E-state index contributed by atoms with van der Waals surface area (Å²) < 4.78 is 5.00. The van der Waals surface area contributed by atoms with Gasteiger partial charge in [-0.25, -0.2) is 0 Å². The summed E-state index contributed by atoms with van der Waals surface area (Å²) in [5.41, 5.74) is 0. The summed E-state index contributed by atoms with van der Waals surface area (Å²) >= 11 is 0. The van der Waals surface area contributed by atoms with Crippen LogP contribution in [-0.2, 0) is 14.3 Å². The van der Waals surface area contributed by atoms with E-state index in [-0.39, 0.29) is 18.4 Å². The first-order valence-corrected chi connectivity index (χ1v) is 7.58. The molecule has 0 aromatic carbocycles. The molecular weight excluding hydrogens is 258 g/mol. The van der Waals surface area contributed by atoms with Crippen LogP contribution in [-0.4, -0.2) is 36.2 Å². The van der Waals surface area contributed by atoms with E-state index in [0.717, 1.165) is 6.42 Å². The molecule has 20 heavy (non-hydrogen) atoms. The van der Waals surface area contributed by atoms with Crippen LogP contribution in [0.2, 0.25) is 0 Å². The first-order valence-electron chi connectivity index (χ1n) is 7.58. The Hall–Kier alpha value is -1.10. The minimum absolute atomic E-state index is 0.0562. The number of hydrogen-bond donors (Lipinski definition) is 2. The fourth-order valence-electron chi connectivity index (χ4n) is 2.80. The fraction of sp³-hybridized carbons (Fsp3) is 0.867. The second-order valence-corrected chi connectivity index (χ2v) is 5.76. The van der Waals surface area contributed by atoms with Crippen LogP contribution in [0.3, 0.4) is 0 Å². The molecule has 2 atom stereocenters. The van der Waals surface area contributed by atoms with Crippen molar-refractivity contribution in [2.75, 3.05) is 7.11 Å². The standard InChI is InChI=1S/C15H27NO4/c1-11(20-2)15(19)16-13(8-9-14(17)18)10-12-6-4-3-5-7-12/h11-13H,3-10H2,1-2H3,(H,16,19)(H,17,18). The summed E-state index contributed by atoms with van der Waals surface area (Å²) in [7, 11) is 1.50. The van der Waals surface area contributed by atoms with Gasteiger partial charge in [0.25, 0.3) is 0 Å². The van der Waals surface area contributed by atoms with Gasteiger partial charge < -0.3 is 15.2 Å². The zero-order valence-corrected chi connectivity index (χ0v) is 12.6. The molecule has 0 bridgehead atoms. The molecule has 1 amide bonds. The molecule has 0 heterocycles. The maximum absolute atomic E-state index is 11.9. The topological polar surface area (TPSA) is 75.6 Å². The van der Waals surface area contributed by atoms with E-state index in [1.807, 2.05) is 0 Å². The molecule has 1 aliphatic carbocycles. The van der Waals surface area contributed by atoms with Crippen LogP contribution in [0, 0.1) is 5.92 Å². The lowest BCUT2D eigenvalue weighted by Gasteiger charge is -2.27. The summed E-state index contributed by atoms with van der Waals surface area (Å²) in [5.74, 6) is -0.355. The Bertz CT molecular complexity index is 313. The predicted molar refractivity (Wildman–Crippen MR) is 76.5 cm³/mol. The van der Waals surface area contributed by atoms with Crippen LogP contribution in [0.4, 0.5) is 0 Å². The number of aliphatic carboxylic acids is 1. The van der Waals surface area contributed by atoms with Crippen molar-refractivity contribution < 1.29 is 19.4 Å². The molecular formula is C15H27NO4. The van der Waals surface area contributed by atoms with Crippen molar-refractivity contribution in [2.24, 2.45) is 5.92 Å². The van der Waals surface area contributed by atoms with E-state index < -0.39 is 12.1 Å². The third-order valence-electron chi connectivity index (χ3n) is 4.12. The van der Waals surface area contributed by atoms with Crippen molar-refractivity contribution >= 4 is 11.9 Å². The van der Waals surface area contributed by atoms with Crippen LogP contribution in [0.5, 0.6) is 0 Å². The highest BCUT2D eigenvalue weighted by Gasteiger charge is 2.22. The number of rotatable bonds is 8. The number of ether oxygens (including phenoxy) is 1. The highest BCUT2D eigenvalue weighted by atomic mass is 16.5. The molecule has 5 heteroatoms. The number of methoxy groups -OCH3 is 1. The van der Waals surface area contributed by atoms with Crippen LogP contribution in [0.1, 0.15) is 58.3 Å². The minimum atomic E-state index is -0.812. The summed E-state index contributed by atoms with van der Waals surface area (Å²) in [4.78, 5) is 22.6. The van der Waals surface area contributed by atoms with Crippen molar-refractivity contribution in [3.63, 3.8) is 0 Å². The third-order valence-corrected chi connectivity index (χ3v) is 4.12. The highest BCUT2D eigenvalue weighted by molar-refractivity contribution is 5.80. The smallest absolute Gasteiger partial charge is 0.303 e. The summed E-state index contributed by atoms with van der Waals surface area (Å²) in [6.07, 6.45) is 7.16. The number of carboxylic acid groups (broad SMARTS) is 1. The van der Waals surface area contributed by atoms with Gasteiger partial charge in [0.05, 0.1) is 0 Å². The first-order chi connectivity index (χ1) is 9.52. The van der Waals surface area contributed by atoms with Gasteiger partial charge in [-0.3, -0.25) is 9.59 Å². The van der Waals surface area contributed by atoms with Gasteiger partial charge in [0.1, 0.15) is 6.10 Å². The fourth-order valence-corrected chi connectivity index (χ4v) is 2.80. The number of carbonyl (C=O) groups excluding carboxylic acids is 1. The Labute approximate surface area is 121 Å². The Kier molecular flexibility index (Phi) is 7.59. The Morgan fingerprint density at radius 1 is 1.30 bits per heavy atom. The predicted octanol–water partition coefficient (Wildman–Crippen LogP) is 2.34. The maximum Gasteiger partial charge on any atom is 0.303 e. The lowest BCUT2D eigenvalue weighted by molar-refractivity contribution is -0.138. The molecule has 0 saturated heterocycles. The second-order valence-electron chi connectivity index (χ2n) is 5.76. The van der Waals surface area contributed by atoms with Gasteiger partial charge in [0.15, 0.2) is 0 Å². The van der Waals surface area contributed by atoms with E-state index in [9.17, 15) is 9.59 Å². The van der Waals surface area contributed by atoms with Crippen molar-refractivity contribution in [3.05, 3.63) is 0 Å². The number of hydrogen-bond acceptors (Lipinski definition) is 3. The number of carbonyl (C=O) groups is 2. The summed E-state index contributed by atoms with van der Waals surface area (Å²) in [6.45, 7) is 1.70. The van der Waals surface area contributed by atoms with Gasteiger partial charge in [0, 0.05) is 19.6 Å². The van der Waals surface area contributed by atoms with Crippen molar-refractivity contribution in [1.29, 1.82) is 0 Å². The van der Waals surface area contributed by atoms with E-state index in [4.69, 9.17) is 9.84 Å². The van der Waals surface area contributed by atoms with Crippen LogP contribution in [0.25, 0.3) is 0 Å². The zero-order chi connectivity index (χ0) is 15.0. The molecule has 0 aromatic rings.